The van der Waals surface area contributed by atoms with Crippen molar-refractivity contribution in [2.24, 2.45) is 0 Å². The molecule has 0 spiro atoms. The molecule has 0 bridgehead atoms. The molecule has 0 aromatic heterocycles. The van der Waals surface area contributed by atoms with Crippen molar-refractivity contribution in [1.29, 1.82) is 0 Å². The highest BCUT2D eigenvalue weighted by atomic mass is 16.5. The first-order valence-electron chi connectivity index (χ1n) is 11.6. The quantitative estimate of drug-likeness (QED) is 0.449. The molecule has 0 unspecified atom stereocenters. The van der Waals surface area contributed by atoms with Gasteiger partial charge in [0.2, 0.25) is 5.91 Å². The highest BCUT2D eigenvalue weighted by molar-refractivity contribution is 5.93. The number of piperidine rings is 1. The van der Waals surface area contributed by atoms with E-state index in [2.05, 4.69) is 54.3 Å². The van der Waals surface area contributed by atoms with Crippen LogP contribution in [0.5, 0.6) is 11.5 Å². The van der Waals surface area contributed by atoms with E-state index in [0.717, 1.165) is 49.7 Å². The van der Waals surface area contributed by atoms with Gasteiger partial charge in [0.15, 0.2) is 0 Å². The lowest BCUT2D eigenvalue weighted by atomic mass is 10.0. The average molecular weight is 429 g/mol. The first kappa shape index (κ1) is 22.1. The summed E-state index contributed by atoms with van der Waals surface area (Å²) in [4.78, 5) is 17.3. The van der Waals surface area contributed by atoms with Crippen molar-refractivity contribution >= 4 is 11.6 Å². The zero-order valence-corrected chi connectivity index (χ0v) is 19.0. The Kier molecular flexibility index (Phi) is 7.23. The van der Waals surface area contributed by atoms with Crippen LogP contribution in [0.25, 0.3) is 0 Å². The first-order chi connectivity index (χ1) is 15.6. The fraction of sp³-hybridized carbons (Fsp3) is 0.321. The number of rotatable bonds is 7. The van der Waals surface area contributed by atoms with E-state index >= 15 is 0 Å². The first-order valence-corrected chi connectivity index (χ1v) is 11.6. The van der Waals surface area contributed by atoms with Gasteiger partial charge in [-0.05, 0) is 61.7 Å². The number of anilines is 1. The Bertz CT molecular complexity index is 1010. The van der Waals surface area contributed by atoms with E-state index in [0.29, 0.717) is 6.42 Å². The summed E-state index contributed by atoms with van der Waals surface area (Å²) in [5, 5.41) is 0. The molecular weight excluding hydrogens is 396 g/mol. The Hall–Kier alpha value is -3.11. The highest BCUT2D eigenvalue weighted by Crippen LogP contribution is 2.27. The van der Waals surface area contributed by atoms with Crippen LogP contribution in [0.4, 0.5) is 5.69 Å². The summed E-state index contributed by atoms with van der Waals surface area (Å²) in [5.74, 6) is 1.92. The van der Waals surface area contributed by atoms with Gasteiger partial charge in [0.05, 0.1) is 0 Å². The minimum Gasteiger partial charge on any atom is -0.457 e. The molecule has 3 aromatic carbocycles. The van der Waals surface area contributed by atoms with Crippen LogP contribution in [0.3, 0.4) is 0 Å². The van der Waals surface area contributed by atoms with Crippen molar-refractivity contribution in [2.45, 2.75) is 45.7 Å². The maximum absolute atomic E-state index is 12.8. The van der Waals surface area contributed by atoms with Gasteiger partial charge in [0, 0.05) is 37.8 Å². The Morgan fingerprint density at radius 2 is 1.62 bits per heavy atom. The molecular formula is C28H32N2O2. The molecule has 1 fully saturated rings. The zero-order chi connectivity index (χ0) is 22.3. The molecule has 0 aliphatic carbocycles. The van der Waals surface area contributed by atoms with Gasteiger partial charge >= 0.3 is 0 Å². The van der Waals surface area contributed by atoms with Gasteiger partial charge in [-0.1, -0.05) is 55.0 Å². The Balaban J connectivity index is 1.37. The summed E-state index contributed by atoms with van der Waals surface area (Å²) in [6.07, 6.45) is 2.50. The van der Waals surface area contributed by atoms with Gasteiger partial charge in [0.1, 0.15) is 11.5 Å². The SMILES string of the molecule is CCC(=O)N(c1ccc(C)cc1)C1CCN(Cc2cccc(Oc3ccccc3)c2)CC1. The second-order valence-electron chi connectivity index (χ2n) is 8.52. The smallest absolute Gasteiger partial charge is 0.226 e. The standard InChI is InChI=1S/C28H32N2O2/c1-3-28(31)30(24-14-12-22(2)13-15-24)25-16-18-29(19-17-25)21-23-8-7-11-27(20-23)32-26-9-5-4-6-10-26/h4-15,20,25H,3,16-19,21H2,1-2H3. The monoisotopic (exact) mass is 428 g/mol. The largest absolute Gasteiger partial charge is 0.457 e. The molecule has 4 heteroatoms. The van der Waals surface area contributed by atoms with Crippen LogP contribution in [0.15, 0.2) is 78.9 Å². The van der Waals surface area contributed by atoms with E-state index in [9.17, 15) is 4.79 Å². The van der Waals surface area contributed by atoms with Crippen LogP contribution in [0.1, 0.15) is 37.3 Å². The number of carbonyl (C=O) groups is 1. The number of para-hydroxylation sites is 1. The number of hydrogen-bond donors (Lipinski definition) is 0. The summed E-state index contributed by atoms with van der Waals surface area (Å²) in [7, 11) is 0. The molecule has 3 aromatic rings. The van der Waals surface area contributed by atoms with Gasteiger partial charge < -0.3 is 9.64 Å². The number of hydrogen-bond acceptors (Lipinski definition) is 3. The summed E-state index contributed by atoms with van der Waals surface area (Å²) in [5.41, 5.74) is 3.48. The summed E-state index contributed by atoms with van der Waals surface area (Å²) >= 11 is 0. The van der Waals surface area contributed by atoms with Crippen molar-refractivity contribution in [2.75, 3.05) is 18.0 Å². The van der Waals surface area contributed by atoms with Crippen LogP contribution in [-0.2, 0) is 11.3 Å². The number of carbonyl (C=O) groups excluding carboxylic acids is 1. The molecule has 4 nitrogen and oxygen atoms in total. The number of likely N-dealkylation sites (tertiary alicyclic amines) is 1. The van der Waals surface area contributed by atoms with Crippen molar-refractivity contribution in [1.82, 2.24) is 4.90 Å². The van der Waals surface area contributed by atoms with Gasteiger partial charge in [-0.3, -0.25) is 9.69 Å². The number of benzene rings is 3. The zero-order valence-electron chi connectivity index (χ0n) is 19.0. The second kappa shape index (κ2) is 10.5. The lowest BCUT2D eigenvalue weighted by Crippen LogP contribution is -2.47. The normalized spacial score (nSPS) is 14.8. The molecule has 0 saturated carbocycles. The predicted octanol–water partition coefficient (Wildman–Crippen LogP) is 6.19. The van der Waals surface area contributed by atoms with Gasteiger partial charge in [-0.2, -0.15) is 0 Å². The molecule has 0 radical (unpaired) electrons. The van der Waals surface area contributed by atoms with Crippen LogP contribution < -0.4 is 9.64 Å². The summed E-state index contributed by atoms with van der Waals surface area (Å²) < 4.78 is 5.99. The maximum Gasteiger partial charge on any atom is 0.226 e. The third kappa shape index (κ3) is 5.57. The minimum absolute atomic E-state index is 0.207. The van der Waals surface area contributed by atoms with Crippen molar-refractivity contribution < 1.29 is 9.53 Å². The van der Waals surface area contributed by atoms with E-state index in [1.165, 1.54) is 11.1 Å². The van der Waals surface area contributed by atoms with Gasteiger partial charge in [-0.25, -0.2) is 0 Å². The van der Waals surface area contributed by atoms with E-state index in [4.69, 9.17) is 4.74 Å². The average Bonchev–Trinajstić information content (AvgIpc) is 2.82. The van der Waals surface area contributed by atoms with Crippen molar-refractivity contribution in [3.8, 4) is 11.5 Å². The minimum atomic E-state index is 0.207. The number of nitrogens with zero attached hydrogens (tertiary/aromatic N) is 2. The highest BCUT2D eigenvalue weighted by Gasteiger charge is 2.28. The van der Waals surface area contributed by atoms with Crippen LogP contribution in [0, 0.1) is 6.92 Å². The predicted molar refractivity (Wildman–Crippen MR) is 130 cm³/mol. The van der Waals surface area contributed by atoms with E-state index < -0.39 is 0 Å². The number of aryl methyl sites for hydroxylation is 1. The Morgan fingerprint density at radius 1 is 0.938 bits per heavy atom. The summed E-state index contributed by atoms with van der Waals surface area (Å²) in [6.45, 7) is 6.88. The van der Waals surface area contributed by atoms with Crippen molar-refractivity contribution in [3.63, 3.8) is 0 Å². The lowest BCUT2D eigenvalue weighted by Gasteiger charge is -2.38. The molecule has 0 N–H and O–H groups in total. The molecule has 4 rings (SSSR count). The molecule has 32 heavy (non-hydrogen) atoms. The molecule has 0 atom stereocenters. The van der Waals surface area contributed by atoms with Crippen LogP contribution in [-0.4, -0.2) is 29.9 Å². The molecule has 1 aliphatic heterocycles. The molecule has 1 saturated heterocycles. The topological polar surface area (TPSA) is 32.8 Å². The fourth-order valence-corrected chi connectivity index (χ4v) is 4.36. The summed E-state index contributed by atoms with van der Waals surface area (Å²) in [6, 6.07) is 26.8. The molecule has 1 amide bonds. The molecule has 1 heterocycles. The van der Waals surface area contributed by atoms with E-state index in [-0.39, 0.29) is 11.9 Å². The fourth-order valence-electron chi connectivity index (χ4n) is 4.36. The molecule has 166 valence electrons. The number of ether oxygens (including phenoxy) is 1. The van der Waals surface area contributed by atoms with Gasteiger partial charge in [0.25, 0.3) is 0 Å². The third-order valence-electron chi connectivity index (χ3n) is 6.09. The van der Waals surface area contributed by atoms with E-state index in [1.807, 2.05) is 48.2 Å². The lowest BCUT2D eigenvalue weighted by molar-refractivity contribution is -0.119. The number of amides is 1. The second-order valence-corrected chi connectivity index (χ2v) is 8.52. The Morgan fingerprint density at radius 3 is 2.31 bits per heavy atom. The maximum atomic E-state index is 12.8. The van der Waals surface area contributed by atoms with Crippen LogP contribution >= 0.6 is 0 Å². The Labute approximate surface area is 191 Å². The van der Waals surface area contributed by atoms with Crippen molar-refractivity contribution in [3.05, 3.63) is 90.0 Å². The van der Waals surface area contributed by atoms with Crippen LogP contribution in [0.2, 0.25) is 0 Å². The molecule has 1 aliphatic rings. The van der Waals surface area contributed by atoms with Gasteiger partial charge in [-0.15, -0.1) is 0 Å². The van der Waals surface area contributed by atoms with E-state index in [1.54, 1.807) is 0 Å². The third-order valence-corrected chi connectivity index (χ3v) is 6.09.